The molecule has 0 aliphatic rings. The molecular formula is C14H21N3O3. The Morgan fingerprint density at radius 2 is 1.95 bits per heavy atom. The van der Waals surface area contributed by atoms with Crippen LogP contribution in [-0.4, -0.2) is 24.0 Å². The number of amides is 2. The van der Waals surface area contributed by atoms with Gasteiger partial charge in [0.1, 0.15) is 5.75 Å². The number of anilines is 1. The third-order valence-corrected chi connectivity index (χ3v) is 2.38. The number of rotatable bonds is 7. The van der Waals surface area contributed by atoms with Crippen molar-refractivity contribution in [3.05, 3.63) is 24.3 Å². The molecule has 20 heavy (non-hydrogen) atoms. The Morgan fingerprint density at radius 1 is 1.30 bits per heavy atom. The molecule has 0 saturated heterocycles. The van der Waals surface area contributed by atoms with Gasteiger partial charge >= 0.3 is 0 Å². The van der Waals surface area contributed by atoms with E-state index >= 15 is 0 Å². The van der Waals surface area contributed by atoms with Crippen molar-refractivity contribution in [2.45, 2.75) is 32.2 Å². The van der Waals surface area contributed by atoms with E-state index in [-0.39, 0.29) is 25.4 Å². The largest absolute Gasteiger partial charge is 0.491 e. The van der Waals surface area contributed by atoms with E-state index in [9.17, 15) is 9.59 Å². The summed E-state index contributed by atoms with van der Waals surface area (Å²) in [4.78, 5) is 22.5. The van der Waals surface area contributed by atoms with Gasteiger partial charge in [-0.15, -0.1) is 0 Å². The first-order valence-corrected chi connectivity index (χ1v) is 6.37. The topological polar surface area (TPSA) is 107 Å². The second kappa shape index (κ2) is 6.91. The van der Waals surface area contributed by atoms with Crippen LogP contribution in [0.25, 0.3) is 0 Å². The minimum atomic E-state index is -0.578. The van der Waals surface area contributed by atoms with E-state index < -0.39 is 11.4 Å². The first-order valence-electron chi connectivity index (χ1n) is 6.37. The highest BCUT2D eigenvalue weighted by Gasteiger charge is 2.17. The van der Waals surface area contributed by atoms with Crippen LogP contribution in [0.15, 0.2) is 24.3 Å². The molecule has 0 heterocycles. The predicted octanol–water partition coefficient (Wildman–Crippen LogP) is 1.01. The molecule has 0 atom stereocenters. The minimum absolute atomic E-state index is 0.123. The standard InChI is InChI=1S/C14H21N3O3/c1-14(2,16)9-13(19)17-10-5-3-4-6-11(10)20-8-7-12(15)18/h3-6H,7-9,16H2,1-2H3,(H2,15,18)(H,17,19). The summed E-state index contributed by atoms with van der Waals surface area (Å²) in [6.07, 6.45) is 0.320. The van der Waals surface area contributed by atoms with Crippen LogP contribution < -0.4 is 21.5 Å². The fraction of sp³-hybridized carbons (Fsp3) is 0.429. The molecule has 6 heteroatoms. The van der Waals surface area contributed by atoms with Crippen LogP contribution in [0.4, 0.5) is 5.69 Å². The van der Waals surface area contributed by atoms with Crippen LogP contribution >= 0.6 is 0 Å². The van der Waals surface area contributed by atoms with Gasteiger partial charge < -0.3 is 21.5 Å². The first-order chi connectivity index (χ1) is 9.28. The van der Waals surface area contributed by atoms with E-state index in [1.54, 1.807) is 38.1 Å². The third kappa shape index (κ3) is 6.19. The fourth-order valence-electron chi connectivity index (χ4n) is 1.57. The van der Waals surface area contributed by atoms with E-state index in [4.69, 9.17) is 16.2 Å². The summed E-state index contributed by atoms with van der Waals surface area (Å²) in [7, 11) is 0. The number of ether oxygens (including phenoxy) is 1. The van der Waals surface area contributed by atoms with Crippen molar-refractivity contribution in [2.75, 3.05) is 11.9 Å². The molecule has 1 aromatic rings. The molecule has 0 unspecified atom stereocenters. The number of para-hydroxylation sites is 2. The van der Waals surface area contributed by atoms with Crippen molar-refractivity contribution in [3.63, 3.8) is 0 Å². The van der Waals surface area contributed by atoms with Crippen LogP contribution in [-0.2, 0) is 9.59 Å². The van der Waals surface area contributed by atoms with Gasteiger partial charge in [-0.1, -0.05) is 12.1 Å². The molecule has 6 nitrogen and oxygen atoms in total. The van der Waals surface area contributed by atoms with Crippen LogP contribution in [0.1, 0.15) is 26.7 Å². The number of nitrogens with two attached hydrogens (primary N) is 2. The highest BCUT2D eigenvalue weighted by atomic mass is 16.5. The molecule has 2 amide bonds. The number of nitrogens with one attached hydrogen (secondary N) is 1. The summed E-state index contributed by atoms with van der Waals surface area (Å²) in [6, 6.07) is 7.00. The highest BCUT2D eigenvalue weighted by Crippen LogP contribution is 2.24. The van der Waals surface area contributed by atoms with E-state index in [1.165, 1.54) is 0 Å². The molecule has 1 rings (SSSR count). The fourth-order valence-corrected chi connectivity index (χ4v) is 1.57. The summed E-state index contributed by atoms with van der Waals surface area (Å²) in [5.74, 6) is -0.128. The maximum atomic E-state index is 11.8. The van der Waals surface area contributed by atoms with E-state index in [1.807, 2.05) is 0 Å². The highest BCUT2D eigenvalue weighted by molar-refractivity contribution is 5.92. The Balaban J connectivity index is 2.65. The van der Waals surface area contributed by atoms with Crippen molar-refractivity contribution in [3.8, 4) is 5.75 Å². The van der Waals surface area contributed by atoms with Gasteiger partial charge in [0.15, 0.2) is 0 Å². The Morgan fingerprint density at radius 3 is 2.55 bits per heavy atom. The lowest BCUT2D eigenvalue weighted by atomic mass is 10.0. The van der Waals surface area contributed by atoms with Gasteiger partial charge in [-0.3, -0.25) is 9.59 Å². The lowest BCUT2D eigenvalue weighted by molar-refractivity contribution is -0.119. The van der Waals surface area contributed by atoms with Gasteiger partial charge in [0, 0.05) is 12.0 Å². The zero-order valence-corrected chi connectivity index (χ0v) is 11.8. The average molecular weight is 279 g/mol. The Hall–Kier alpha value is -2.08. The van der Waals surface area contributed by atoms with Gasteiger partial charge in [-0.2, -0.15) is 0 Å². The Kier molecular flexibility index (Phi) is 5.52. The smallest absolute Gasteiger partial charge is 0.226 e. The summed E-state index contributed by atoms with van der Waals surface area (Å²) in [5, 5.41) is 2.75. The number of carbonyl (C=O) groups is 2. The van der Waals surface area contributed by atoms with E-state index in [0.717, 1.165) is 0 Å². The molecule has 0 fully saturated rings. The second-order valence-corrected chi connectivity index (χ2v) is 5.27. The lowest BCUT2D eigenvalue weighted by Gasteiger charge is -2.18. The van der Waals surface area contributed by atoms with E-state index in [2.05, 4.69) is 5.32 Å². The molecule has 0 bridgehead atoms. The van der Waals surface area contributed by atoms with Gasteiger partial charge in [-0.25, -0.2) is 0 Å². The molecular weight excluding hydrogens is 258 g/mol. The molecule has 0 aliphatic heterocycles. The molecule has 0 spiro atoms. The summed E-state index contributed by atoms with van der Waals surface area (Å²) >= 11 is 0. The van der Waals surface area contributed by atoms with Crippen molar-refractivity contribution < 1.29 is 14.3 Å². The SMILES string of the molecule is CC(C)(N)CC(=O)Nc1ccccc1OCCC(N)=O. The normalized spacial score (nSPS) is 10.9. The maximum Gasteiger partial charge on any atom is 0.226 e. The van der Waals surface area contributed by atoms with Crippen LogP contribution in [0.2, 0.25) is 0 Å². The second-order valence-electron chi connectivity index (χ2n) is 5.27. The molecule has 0 aliphatic carbocycles. The monoisotopic (exact) mass is 279 g/mol. The number of primary amides is 1. The summed E-state index contributed by atoms with van der Waals surface area (Å²) < 4.78 is 5.43. The molecule has 5 N–H and O–H groups in total. The quantitative estimate of drug-likeness (QED) is 0.692. The predicted molar refractivity (Wildman–Crippen MR) is 77.3 cm³/mol. The molecule has 0 saturated carbocycles. The molecule has 1 aromatic carbocycles. The zero-order chi connectivity index (χ0) is 15.2. The first kappa shape index (κ1) is 16.0. The van der Waals surface area contributed by atoms with Gasteiger partial charge in [0.2, 0.25) is 11.8 Å². The minimum Gasteiger partial charge on any atom is -0.491 e. The summed E-state index contributed by atoms with van der Waals surface area (Å²) in [5.41, 5.74) is 10.8. The third-order valence-electron chi connectivity index (χ3n) is 2.38. The number of hydrogen-bond acceptors (Lipinski definition) is 4. The van der Waals surface area contributed by atoms with Crippen molar-refractivity contribution in [1.29, 1.82) is 0 Å². The Labute approximate surface area is 118 Å². The van der Waals surface area contributed by atoms with E-state index in [0.29, 0.717) is 11.4 Å². The molecule has 0 radical (unpaired) electrons. The van der Waals surface area contributed by atoms with Gasteiger partial charge in [0.05, 0.1) is 18.7 Å². The molecule has 110 valence electrons. The number of benzene rings is 1. The van der Waals surface area contributed by atoms with Crippen molar-refractivity contribution in [1.82, 2.24) is 0 Å². The van der Waals surface area contributed by atoms with Crippen LogP contribution in [0, 0.1) is 0 Å². The van der Waals surface area contributed by atoms with Crippen molar-refractivity contribution >= 4 is 17.5 Å². The summed E-state index contributed by atoms with van der Waals surface area (Å²) in [6.45, 7) is 3.73. The maximum absolute atomic E-state index is 11.8. The number of carbonyl (C=O) groups excluding carboxylic acids is 2. The van der Waals surface area contributed by atoms with Crippen molar-refractivity contribution in [2.24, 2.45) is 11.5 Å². The van der Waals surface area contributed by atoms with Gasteiger partial charge in [0.25, 0.3) is 0 Å². The van der Waals surface area contributed by atoms with Crippen LogP contribution in [0.3, 0.4) is 0 Å². The Bertz CT molecular complexity index is 481. The van der Waals surface area contributed by atoms with Crippen LogP contribution in [0.5, 0.6) is 5.75 Å². The average Bonchev–Trinajstić information content (AvgIpc) is 2.28. The zero-order valence-electron chi connectivity index (χ0n) is 11.8. The molecule has 0 aromatic heterocycles. The lowest BCUT2D eigenvalue weighted by Crippen LogP contribution is -2.36. The van der Waals surface area contributed by atoms with Gasteiger partial charge in [-0.05, 0) is 26.0 Å². The number of hydrogen-bond donors (Lipinski definition) is 3.